The first kappa shape index (κ1) is 25.4. The van der Waals surface area contributed by atoms with E-state index in [9.17, 15) is 18.8 Å². The minimum Gasteiger partial charge on any atom is -0.489 e. The number of carbonyl (C=O) groups is 3. The molecule has 1 aliphatic heterocycles. The van der Waals surface area contributed by atoms with Crippen molar-refractivity contribution in [1.29, 1.82) is 0 Å². The highest BCUT2D eigenvalue weighted by molar-refractivity contribution is 6.31. The number of amides is 4. The van der Waals surface area contributed by atoms with E-state index in [1.54, 1.807) is 24.3 Å². The summed E-state index contributed by atoms with van der Waals surface area (Å²) >= 11 is 0. The molecule has 1 N–H and O–H groups in total. The van der Waals surface area contributed by atoms with Crippen LogP contribution in [0.3, 0.4) is 0 Å². The molecule has 0 atom stereocenters. The van der Waals surface area contributed by atoms with Gasteiger partial charge in [0.2, 0.25) is 0 Å². The molecule has 7 nitrogen and oxygen atoms in total. The van der Waals surface area contributed by atoms with Crippen molar-refractivity contribution in [2.75, 3.05) is 0 Å². The third kappa shape index (κ3) is 4.98. The second-order valence-electron chi connectivity index (χ2n) is 9.82. The molecule has 2 heterocycles. The van der Waals surface area contributed by atoms with E-state index < -0.39 is 17.8 Å². The van der Waals surface area contributed by atoms with Crippen LogP contribution < -0.4 is 10.1 Å². The average Bonchev–Trinajstić information content (AvgIpc) is 3.19. The number of aromatic nitrogens is 1. The number of imide groups is 2. The van der Waals surface area contributed by atoms with E-state index in [4.69, 9.17) is 4.74 Å². The van der Waals surface area contributed by atoms with Gasteiger partial charge in [-0.1, -0.05) is 37.5 Å². The quantitative estimate of drug-likeness (QED) is 0.342. The molecule has 3 aromatic rings. The number of urea groups is 1. The maximum absolute atomic E-state index is 13.9. The van der Waals surface area contributed by atoms with E-state index >= 15 is 0 Å². The number of nitrogens with zero attached hydrogens (tertiary/aromatic N) is 2. The summed E-state index contributed by atoms with van der Waals surface area (Å²) in [4.78, 5) is 39.7. The van der Waals surface area contributed by atoms with Gasteiger partial charge >= 0.3 is 6.03 Å². The van der Waals surface area contributed by atoms with Gasteiger partial charge in [0, 0.05) is 28.7 Å². The average molecular weight is 516 g/mol. The zero-order chi connectivity index (χ0) is 26.8. The summed E-state index contributed by atoms with van der Waals surface area (Å²) in [7, 11) is 0. The second-order valence-corrected chi connectivity index (χ2v) is 9.82. The van der Waals surface area contributed by atoms with E-state index in [1.807, 2.05) is 48.7 Å². The summed E-state index contributed by atoms with van der Waals surface area (Å²) in [6, 6.07) is 15.0. The van der Waals surface area contributed by atoms with Gasteiger partial charge in [-0.3, -0.25) is 19.8 Å². The molecule has 1 aromatic heterocycles. The van der Waals surface area contributed by atoms with Crippen molar-refractivity contribution in [2.45, 2.75) is 58.6 Å². The molecule has 8 heteroatoms. The lowest BCUT2D eigenvalue weighted by Crippen LogP contribution is -2.58. The van der Waals surface area contributed by atoms with Crippen molar-refractivity contribution in [3.63, 3.8) is 0 Å². The smallest absolute Gasteiger partial charge is 0.331 e. The van der Waals surface area contributed by atoms with Crippen LogP contribution in [0.1, 0.15) is 54.6 Å². The van der Waals surface area contributed by atoms with E-state index in [2.05, 4.69) is 5.32 Å². The van der Waals surface area contributed by atoms with Crippen molar-refractivity contribution in [1.82, 2.24) is 14.8 Å². The van der Waals surface area contributed by atoms with Crippen LogP contribution in [0, 0.1) is 19.7 Å². The number of hydrogen-bond acceptors (Lipinski definition) is 4. The van der Waals surface area contributed by atoms with Crippen LogP contribution >= 0.6 is 0 Å². The Balaban J connectivity index is 1.37. The van der Waals surface area contributed by atoms with Crippen LogP contribution in [0.25, 0.3) is 11.8 Å². The Hall–Kier alpha value is -4.20. The molecule has 5 rings (SSSR count). The van der Waals surface area contributed by atoms with Crippen molar-refractivity contribution < 1.29 is 23.5 Å². The van der Waals surface area contributed by atoms with Gasteiger partial charge in [-0.05, 0) is 74.7 Å². The Morgan fingerprint density at radius 2 is 1.71 bits per heavy atom. The fourth-order valence-corrected chi connectivity index (χ4v) is 5.30. The number of barbiturate groups is 1. The lowest BCUT2D eigenvalue weighted by atomic mass is 9.93. The molecule has 0 spiro atoms. The lowest BCUT2D eigenvalue weighted by molar-refractivity contribution is -0.132. The third-order valence-corrected chi connectivity index (χ3v) is 7.29. The number of benzene rings is 2. The Kier molecular flexibility index (Phi) is 7.13. The first-order valence-corrected chi connectivity index (χ1v) is 12.9. The molecular weight excluding hydrogens is 485 g/mol. The third-order valence-electron chi connectivity index (χ3n) is 7.29. The van der Waals surface area contributed by atoms with E-state index in [1.165, 1.54) is 11.0 Å². The molecule has 0 radical (unpaired) electrons. The molecule has 38 heavy (non-hydrogen) atoms. The Morgan fingerprint density at radius 1 is 1.00 bits per heavy atom. The van der Waals surface area contributed by atoms with Crippen LogP contribution in [0.2, 0.25) is 0 Å². The molecule has 2 fully saturated rings. The van der Waals surface area contributed by atoms with Gasteiger partial charge < -0.3 is 9.30 Å². The molecule has 1 aliphatic carbocycles. The molecular formula is C30H30FN3O4. The normalized spacial score (nSPS) is 17.7. The SMILES string of the molecule is Cc1cc(C=C2C(=O)NC(=O)N(C3CCCCC3)C2=O)c(C)n1-c1ccc(OCc2ccccc2F)cc1. The van der Waals surface area contributed by atoms with Gasteiger partial charge in [-0.2, -0.15) is 0 Å². The predicted octanol–water partition coefficient (Wildman–Crippen LogP) is 5.61. The highest BCUT2D eigenvalue weighted by Crippen LogP contribution is 2.28. The van der Waals surface area contributed by atoms with Crippen LogP contribution in [0.15, 0.2) is 60.2 Å². The number of halogens is 1. The number of carbonyl (C=O) groups excluding carboxylic acids is 3. The summed E-state index contributed by atoms with van der Waals surface area (Å²) < 4.78 is 21.6. The van der Waals surface area contributed by atoms with E-state index in [0.717, 1.165) is 54.7 Å². The molecule has 4 amide bonds. The minimum absolute atomic E-state index is 0.0349. The number of ether oxygens (including phenoxy) is 1. The number of rotatable bonds is 6. The van der Waals surface area contributed by atoms with Crippen molar-refractivity contribution in [2.24, 2.45) is 0 Å². The van der Waals surface area contributed by atoms with Gasteiger partial charge in [-0.25, -0.2) is 9.18 Å². The molecule has 2 aliphatic rings. The van der Waals surface area contributed by atoms with Gasteiger partial charge in [-0.15, -0.1) is 0 Å². The zero-order valence-corrected chi connectivity index (χ0v) is 21.5. The molecule has 196 valence electrons. The number of aryl methyl sites for hydroxylation is 1. The maximum atomic E-state index is 13.9. The summed E-state index contributed by atoms with van der Waals surface area (Å²) in [5.74, 6) is -0.903. The van der Waals surface area contributed by atoms with E-state index in [-0.39, 0.29) is 24.0 Å². The van der Waals surface area contributed by atoms with Gasteiger partial charge in [0.05, 0.1) is 0 Å². The largest absolute Gasteiger partial charge is 0.489 e. The predicted molar refractivity (Wildman–Crippen MR) is 141 cm³/mol. The van der Waals surface area contributed by atoms with Crippen LogP contribution in [-0.4, -0.2) is 33.4 Å². The highest BCUT2D eigenvalue weighted by atomic mass is 19.1. The molecule has 1 saturated carbocycles. The van der Waals surface area contributed by atoms with Crippen LogP contribution in [-0.2, 0) is 16.2 Å². The number of hydrogen-bond donors (Lipinski definition) is 1. The molecule has 2 aromatic carbocycles. The van der Waals surface area contributed by atoms with Gasteiger partial charge in [0.1, 0.15) is 23.7 Å². The first-order valence-electron chi connectivity index (χ1n) is 12.9. The topological polar surface area (TPSA) is 80.6 Å². The van der Waals surface area contributed by atoms with Gasteiger partial charge in [0.25, 0.3) is 11.8 Å². The first-order chi connectivity index (χ1) is 18.3. The zero-order valence-electron chi connectivity index (χ0n) is 21.5. The van der Waals surface area contributed by atoms with Crippen molar-refractivity contribution in [3.05, 3.63) is 88.5 Å². The fourth-order valence-electron chi connectivity index (χ4n) is 5.30. The molecule has 0 bridgehead atoms. The molecule has 0 unspecified atom stereocenters. The summed E-state index contributed by atoms with van der Waals surface area (Å²) in [6.07, 6.45) is 6.10. The highest BCUT2D eigenvalue weighted by Gasteiger charge is 2.40. The summed E-state index contributed by atoms with van der Waals surface area (Å²) in [6.45, 7) is 3.98. The Labute approximate surface area is 220 Å². The van der Waals surface area contributed by atoms with E-state index in [0.29, 0.717) is 11.3 Å². The standard InChI is InChI=1S/C30H30FN3O4/c1-19-16-22(17-26-28(35)32-30(37)34(29(26)36)23-9-4-3-5-10-23)20(2)33(19)24-12-14-25(15-13-24)38-18-21-8-6-7-11-27(21)31/h6-8,11-17,23H,3-5,9-10,18H2,1-2H3,(H,32,35,37). The lowest BCUT2D eigenvalue weighted by Gasteiger charge is -2.35. The van der Waals surface area contributed by atoms with Crippen molar-refractivity contribution >= 4 is 23.9 Å². The van der Waals surface area contributed by atoms with Crippen LogP contribution in [0.5, 0.6) is 5.75 Å². The Bertz CT molecular complexity index is 1420. The summed E-state index contributed by atoms with van der Waals surface area (Å²) in [5, 5.41) is 2.35. The van der Waals surface area contributed by atoms with Gasteiger partial charge in [0.15, 0.2) is 0 Å². The summed E-state index contributed by atoms with van der Waals surface area (Å²) in [5.41, 5.74) is 3.80. The van der Waals surface area contributed by atoms with Crippen LogP contribution in [0.4, 0.5) is 9.18 Å². The fraction of sp³-hybridized carbons (Fsp3) is 0.300. The monoisotopic (exact) mass is 515 g/mol. The Morgan fingerprint density at radius 3 is 2.42 bits per heavy atom. The minimum atomic E-state index is -0.673. The number of nitrogens with one attached hydrogen (secondary N) is 1. The maximum Gasteiger partial charge on any atom is 0.331 e. The molecule has 1 saturated heterocycles. The second kappa shape index (κ2) is 10.7. The van der Waals surface area contributed by atoms with Crippen molar-refractivity contribution in [3.8, 4) is 11.4 Å².